The van der Waals surface area contributed by atoms with Crippen LogP contribution in [0.15, 0.2) is 0 Å². The van der Waals surface area contributed by atoms with Gasteiger partial charge in [0, 0.05) is 12.5 Å². The van der Waals surface area contributed by atoms with Crippen molar-refractivity contribution in [3.8, 4) is 0 Å². The quantitative estimate of drug-likeness (QED) is 0.696. The molecule has 1 rings (SSSR count). The van der Waals surface area contributed by atoms with E-state index in [0.29, 0.717) is 18.4 Å². The number of likely N-dealkylation sites (tertiary alicyclic amines) is 1. The molecule has 1 heterocycles. The van der Waals surface area contributed by atoms with Gasteiger partial charge in [0.25, 0.3) is 0 Å². The molecule has 1 unspecified atom stereocenters. The van der Waals surface area contributed by atoms with Gasteiger partial charge in [-0.05, 0) is 45.2 Å². The maximum atomic E-state index is 10.6. The van der Waals surface area contributed by atoms with Crippen LogP contribution in [0.1, 0.15) is 58.8 Å². The Labute approximate surface area is 105 Å². The predicted molar refractivity (Wildman–Crippen MR) is 70.2 cm³/mol. The van der Waals surface area contributed by atoms with Crippen molar-refractivity contribution in [1.82, 2.24) is 4.90 Å². The predicted octanol–water partition coefficient (Wildman–Crippen LogP) is 3.14. The number of carboxylic acid groups (broad SMARTS) is 1. The molecule has 3 nitrogen and oxygen atoms in total. The summed E-state index contributed by atoms with van der Waals surface area (Å²) in [5, 5.41) is 8.77. The van der Waals surface area contributed by atoms with E-state index in [1.54, 1.807) is 0 Å². The Bertz CT molecular complexity index is 222. The number of hydrogen-bond acceptors (Lipinski definition) is 2. The van der Waals surface area contributed by atoms with E-state index in [0.717, 1.165) is 25.9 Å². The molecule has 1 fully saturated rings. The van der Waals surface area contributed by atoms with Gasteiger partial charge in [0.15, 0.2) is 0 Å². The van der Waals surface area contributed by atoms with E-state index < -0.39 is 5.97 Å². The van der Waals surface area contributed by atoms with Crippen LogP contribution in [0.4, 0.5) is 0 Å². The number of nitrogens with zero attached hydrogens (tertiary/aromatic N) is 1. The third-order valence-electron chi connectivity index (χ3n) is 3.96. The Balaban J connectivity index is 2.19. The van der Waals surface area contributed by atoms with Gasteiger partial charge in [-0.3, -0.25) is 4.79 Å². The van der Waals surface area contributed by atoms with Crippen LogP contribution in [0.5, 0.6) is 0 Å². The minimum absolute atomic E-state index is 0.359. The van der Waals surface area contributed by atoms with Gasteiger partial charge in [-0.2, -0.15) is 0 Å². The molecule has 0 aromatic heterocycles. The molecule has 0 bridgehead atoms. The highest BCUT2D eigenvalue weighted by Gasteiger charge is 2.23. The molecule has 0 saturated carbocycles. The minimum Gasteiger partial charge on any atom is -0.481 e. The maximum Gasteiger partial charge on any atom is 0.303 e. The summed E-state index contributed by atoms with van der Waals surface area (Å²) in [6.07, 6.45) is 7.71. The van der Waals surface area contributed by atoms with E-state index in [1.807, 2.05) is 0 Å². The van der Waals surface area contributed by atoms with Gasteiger partial charge >= 0.3 is 5.97 Å². The van der Waals surface area contributed by atoms with Crippen molar-refractivity contribution in [2.24, 2.45) is 5.92 Å². The van der Waals surface area contributed by atoms with Crippen molar-refractivity contribution in [3.63, 3.8) is 0 Å². The van der Waals surface area contributed by atoms with E-state index >= 15 is 0 Å². The first kappa shape index (κ1) is 14.5. The van der Waals surface area contributed by atoms with Crippen LogP contribution < -0.4 is 0 Å². The maximum absolute atomic E-state index is 10.6. The lowest BCUT2D eigenvalue weighted by molar-refractivity contribution is -0.138. The van der Waals surface area contributed by atoms with Crippen molar-refractivity contribution in [1.29, 1.82) is 0 Å². The summed E-state index contributed by atoms with van der Waals surface area (Å²) < 4.78 is 0. The number of piperidine rings is 1. The van der Waals surface area contributed by atoms with Gasteiger partial charge < -0.3 is 10.0 Å². The van der Waals surface area contributed by atoms with Crippen molar-refractivity contribution in [2.45, 2.75) is 64.8 Å². The SMILES string of the molecule is CCCCCC(C)N1CCC(CC(=O)O)CC1. The van der Waals surface area contributed by atoms with E-state index in [-0.39, 0.29) is 0 Å². The molecule has 100 valence electrons. The molecule has 0 spiro atoms. The standard InChI is InChI=1S/C14H27NO2/c1-3-4-5-6-12(2)15-9-7-13(8-10-15)11-14(16)17/h12-13H,3-11H2,1-2H3,(H,16,17). The second-order valence-electron chi connectivity index (χ2n) is 5.42. The molecule has 1 saturated heterocycles. The number of unbranched alkanes of at least 4 members (excludes halogenated alkanes) is 2. The molecule has 0 amide bonds. The smallest absolute Gasteiger partial charge is 0.303 e. The Hall–Kier alpha value is -0.570. The fraction of sp³-hybridized carbons (Fsp3) is 0.929. The van der Waals surface area contributed by atoms with Gasteiger partial charge in [-0.25, -0.2) is 0 Å². The highest BCUT2D eigenvalue weighted by Crippen LogP contribution is 2.23. The molecule has 0 radical (unpaired) electrons. The monoisotopic (exact) mass is 241 g/mol. The number of aliphatic carboxylic acids is 1. The zero-order valence-electron chi connectivity index (χ0n) is 11.3. The summed E-state index contributed by atoms with van der Waals surface area (Å²) >= 11 is 0. The van der Waals surface area contributed by atoms with Crippen molar-refractivity contribution >= 4 is 5.97 Å². The first-order chi connectivity index (χ1) is 8.13. The third-order valence-corrected chi connectivity index (χ3v) is 3.96. The number of hydrogen-bond donors (Lipinski definition) is 1. The van der Waals surface area contributed by atoms with Gasteiger partial charge in [-0.15, -0.1) is 0 Å². The average Bonchev–Trinajstić information content (AvgIpc) is 2.29. The van der Waals surface area contributed by atoms with Crippen LogP contribution in [0.3, 0.4) is 0 Å². The Kier molecular flexibility index (Phi) is 6.56. The molecule has 3 heteroatoms. The fourth-order valence-corrected chi connectivity index (χ4v) is 2.72. The highest BCUT2D eigenvalue weighted by atomic mass is 16.4. The van der Waals surface area contributed by atoms with E-state index in [4.69, 9.17) is 5.11 Å². The lowest BCUT2D eigenvalue weighted by atomic mass is 9.92. The second-order valence-corrected chi connectivity index (χ2v) is 5.42. The molecule has 0 aromatic rings. The molecule has 1 aliphatic rings. The molecule has 0 aromatic carbocycles. The summed E-state index contributed by atoms with van der Waals surface area (Å²) in [5.74, 6) is -0.231. The Morgan fingerprint density at radius 3 is 2.53 bits per heavy atom. The summed E-state index contributed by atoms with van der Waals surface area (Å²) in [6.45, 7) is 6.73. The molecule has 1 N–H and O–H groups in total. The lowest BCUT2D eigenvalue weighted by Crippen LogP contribution is -2.40. The van der Waals surface area contributed by atoms with Crippen LogP contribution in [0.2, 0.25) is 0 Å². The van der Waals surface area contributed by atoms with Crippen LogP contribution in [0, 0.1) is 5.92 Å². The number of carbonyl (C=O) groups is 1. The van der Waals surface area contributed by atoms with Crippen LogP contribution in [-0.4, -0.2) is 35.1 Å². The Morgan fingerprint density at radius 1 is 1.35 bits per heavy atom. The first-order valence-electron chi connectivity index (χ1n) is 7.09. The first-order valence-corrected chi connectivity index (χ1v) is 7.09. The van der Waals surface area contributed by atoms with E-state index in [1.165, 1.54) is 25.7 Å². The normalized spacial score (nSPS) is 20.4. The van der Waals surface area contributed by atoms with E-state index in [9.17, 15) is 4.79 Å². The number of rotatable bonds is 7. The summed E-state index contributed by atoms with van der Waals surface area (Å²) in [4.78, 5) is 13.2. The zero-order chi connectivity index (χ0) is 12.7. The fourth-order valence-electron chi connectivity index (χ4n) is 2.72. The van der Waals surface area contributed by atoms with Gasteiger partial charge in [0.2, 0.25) is 0 Å². The average molecular weight is 241 g/mol. The largest absolute Gasteiger partial charge is 0.481 e. The minimum atomic E-state index is -0.639. The molecule has 17 heavy (non-hydrogen) atoms. The van der Waals surface area contributed by atoms with Gasteiger partial charge in [-0.1, -0.05) is 26.2 Å². The third kappa shape index (κ3) is 5.53. The molecular formula is C14H27NO2. The second kappa shape index (κ2) is 7.70. The summed E-state index contributed by atoms with van der Waals surface area (Å²) in [7, 11) is 0. The summed E-state index contributed by atoms with van der Waals surface area (Å²) in [6, 6.07) is 0.673. The van der Waals surface area contributed by atoms with Crippen LogP contribution in [0.25, 0.3) is 0 Å². The summed E-state index contributed by atoms with van der Waals surface area (Å²) in [5.41, 5.74) is 0. The molecule has 0 aliphatic carbocycles. The molecule has 1 atom stereocenters. The zero-order valence-corrected chi connectivity index (χ0v) is 11.3. The highest BCUT2D eigenvalue weighted by molar-refractivity contribution is 5.67. The van der Waals surface area contributed by atoms with Crippen molar-refractivity contribution in [3.05, 3.63) is 0 Å². The molecular weight excluding hydrogens is 214 g/mol. The van der Waals surface area contributed by atoms with Crippen LogP contribution in [-0.2, 0) is 4.79 Å². The lowest BCUT2D eigenvalue weighted by Gasteiger charge is -2.35. The van der Waals surface area contributed by atoms with Crippen molar-refractivity contribution < 1.29 is 9.90 Å². The van der Waals surface area contributed by atoms with E-state index in [2.05, 4.69) is 18.7 Å². The topological polar surface area (TPSA) is 40.5 Å². The van der Waals surface area contributed by atoms with Gasteiger partial charge in [0.05, 0.1) is 0 Å². The number of carboxylic acids is 1. The Morgan fingerprint density at radius 2 is 2.00 bits per heavy atom. The van der Waals surface area contributed by atoms with Gasteiger partial charge in [0.1, 0.15) is 0 Å². The van der Waals surface area contributed by atoms with Crippen LogP contribution >= 0.6 is 0 Å². The van der Waals surface area contributed by atoms with Crippen molar-refractivity contribution in [2.75, 3.05) is 13.1 Å². The molecule has 1 aliphatic heterocycles.